The molecule has 4 heteroatoms. The fraction of sp³-hybridized carbons (Fsp3) is 0.500. The monoisotopic (exact) mass is 266 g/mol. The zero-order chi connectivity index (χ0) is 13.4. The topological polar surface area (TPSA) is 55.1 Å². The van der Waals surface area contributed by atoms with Gasteiger partial charge in [0, 0.05) is 17.5 Å². The van der Waals surface area contributed by atoms with Crippen molar-refractivity contribution in [3.63, 3.8) is 0 Å². The second-order valence-corrected chi connectivity index (χ2v) is 5.31. The number of anilines is 1. The lowest BCUT2D eigenvalue weighted by Gasteiger charge is -2.08. The summed E-state index contributed by atoms with van der Waals surface area (Å²) in [6.45, 7) is 4.17. The van der Waals surface area contributed by atoms with Gasteiger partial charge < -0.3 is 11.1 Å². The van der Waals surface area contributed by atoms with E-state index in [9.17, 15) is 4.79 Å². The van der Waals surface area contributed by atoms with E-state index in [2.05, 4.69) is 19.2 Å². The summed E-state index contributed by atoms with van der Waals surface area (Å²) in [7, 11) is 0. The van der Waals surface area contributed by atoms with E-state index in [4.69, 9.17) is 5.73 Å². The molecule has 0 spiro atoms. The number of hydrogen-bond donors (Lipinski definition) is 2. The highest BCUT2D eigenvalue weighted by atomic mass is 32.2. The van der Waals surface area contributed by atoms with Gasteiger partial charge >= 0.3 is 0 Å². The third-order valence-corrected chi connectivity index (χ3v) is 3.87. The van der Waals surface area contributed by atoms with Crippen molar-refractivity contribution in [3.05, 3.63) is 29.8 Å². The second-order valence-electron chi connectivity index (χ2n) is 4.28. The van der Waals surface area contributed by atoms with Crippen LogP contribution in [0.15, 0.2) is 24.3 Å². The van der Waals surface area contributed by atoms with Gasteiger partial charge in [-0.25, -0.2) is 0 Å². The Labute approximate surface area is 114 Å². The second kappa shape index (κ2) is 8.16. The zero-order valence-corrected chi connectivity index (χ0v) is 11.9. The molecule has 0 saturated carbocycles. The Kier molecular flexibility index (Phi) is 6.83. The lowest BCUT2D eigenvalue weighted by Crippen LogP contribution is -2.23. The number of thioether (sulfide) groups is 1. The largest absolute Gasteiger partial charge is 0.327 e. The molecule has 0 heterocycles. The van der Waals surface area contributed by atoms with E-state index in [1.54, 1.807) is 11.8 Å². The van der Waals surface area contributed by atoms with E-state index < -0.39 is 0 Å². The lowest BCUT2D eigenvalue weighted by molar-refractivity contribution is -0.113. The minimum Gasteiger partial charge on any atom is -0.327 e. The predicted octanol–water partition coefficient (Wildman–Crippen LogP) is 2.66. The quantitative estimate of drug-likeness (QED) is 0.797. The van der Waals surface area contributed by atoms with Crippen molar-refractivity contribution in [1.29, 1.82) is 0 Å². The Morgan fingerprint density at radius 3 is 2.56 bits per heavy atom. The standard InChI is InChI=1S/C14H22N2OS/c1-3-11-5-7-13(8-6-11)16-14(17)10-18-9-12(15)4-2/h5-8,12H,3-4,9-10,15H2,1-2H3,(H,16,17). The molecule has 1 unspecified atom stereocenters. The highest BCUT2D eigenvalue weighted by molar-refractivity contribution is 8.00. The van der Waals surface area contributed by atoms with Crippen molar-refractivity contribution in [2.75, 3.05) is 16.8 Å². The summed E-state index contributed by atoms with van der Waals surface area (Å²) in [5.74, 6) is 1.33. The number of benzene rings is 1. The normalized spacial score (nSPS) is 12.2. The molecule has 0 aliphatic carbocycles. The van der Waals surface area contributed by atoms with E-state index in [0.29, 0.717) is 5.75 Å². The molecule has 0 fully saturated rings. The van der Waals surface area contributed by atoms with Gasteiger partial charge in [-0.3, -0.25) is 4.79 Å². The number of carbonyl (C=O) groups excluding carboxylic acids is 1. The maximum atomic E-state index is 11.7. The number of rotatable bonds is 7. The summed E-state index contributed by atoms with van der Waals surface area (Å²) in [5, 5.41) is 2.88. The first-order valence-corrected chi connectivity index (χ1v) is 7.53. The number of aryl methyl sites for hydroxylation is 1. The van der Waals surface area contributed by atoms with Crippen LogP contribution in [0.1, 0.15) is 25.8 Å². The fourth-order valence-corrected chi connectivity index (χ4v) is 2.36. The third-order valence-electron chi connectivity index (χ3n) is 2.74. The number of carbonyl (C=O) groups is 1. The predicted molar refractivity (Wildman–Crippen MR) is 80.0 cm³/mol. The van der Waals surface area contributed by atoms with E-state index in [-0.39, 0.29) is 11.9 Å². The lowest BCUT2D eigenvalue weighted by atomic mass is 10.1. The maximum Gasteiger partial charge on any atom is 0.234 e. The van der Waals surface area contributed by atoms with Gasteiger partial charge in [-0.1, -0.05) is 26.0 Å². The fourth-order valence-electron chi connectivity index (χ4n) is 1.44. The van der Waals surface area contributed by atoms with Crippen molar-refractivity contribution in [1.82, 2.24) is 0 Å². The molecule has 1 rings (SSSR count). The van der Waals surface area contributed by atoms with Crippen LogP contribution in [0, 0.1) is 0 Å². The first-order chi connectivity index (χ1) is 8.65. The van der Waals surface area contributed by atoms with Gasteiger partial charge in [-0.2, -0.15) is 11.8 Å². The van der Waals surface area contributed by atoms with Crippen LogP contribution in [0.3, 0.4) is 0 Å². The molecule has 1 atom stereocenters. The van der Waals surface area contributed by atoms with Gasteiger partial charge in [-0.05, 0) is 30.5 Å². The average Bonchev–Trinajstić information content (AvgIpc) is 2.39. The number of amides is 1. The molecule has 0 aliphatic rings. The van der Waals surface area contributed by atoms with Gasteiger partial charge in [0.05, 0.1) is 5.75 Å². The van der Waals surface area contributed by atoms with Crippen LogP contribution in [0.25, 0.3) is 0 Å². The highest BCUT2D eigenvalue weighted by Gasteiger charge is 2.04. The summed E-state index contributed by atoms with van der Waals surface area (Å²) >= 11 is 1.58. The summed E-state index contributed by atoms with van der Waals surface area (Å²) in [6, 6.07) is 8.15. The Hall–Kier alpha value is -1.00. The van der Waals surface area contributed by atoms with Crippen molar-refractivity contribution in [2.24, 2.45) is 5.73 Å². The molecule has 3 N–H and O–H groups in total. The maximum absolute atomic E-state index is 11.7. The number of hydrogen-bond acceptors (Lipinski definition) is 3. The van der Waals surface area contributed by atoms with E-state index in [0.717, 1.165) is 24.3 Å². The molecule has 1 aromatic carbocycles. The van der Waals surface area contributed by atoms with Crippen LogP contribution < -0.4 is 11.1 Å². The Bertz CT molecular complexity index is 365. The first-order valence-electron chi connectivity index (χ1n) is 6.37. The molecule has 0 aliphatic heterocycles. The molecule has 100 valence electrons. The molecule has 0 radical (unpaired) electrons. The number of nitrogens with two attached hydrogens (primary N) is 1. The molecular formula is C14H22N2OS. The van der Waals surface area contributed by atoms with Gasteiger partial charge in [0.2, 0.25) is 5.91 Å². The molecule has 18 heavy (non-hydrogen) atoms. The van der Waals surface area contributed by atoms with Crippen LogP contribution >= 0.6 is 11.8 Å². The van der Waals surface area contributed by atoms with Crippen LogP contribution in [0.2, 0.25) is 0 Å². The molecule has 0 saturated heterocycles. The van der Waals surface area contributed by atoms with Crippen molar-refractivity contribution < 1.29 is 4.79 Å². The van der Waals surface area contributed by atoms with E-state index >= 15 is 0 Å². The average molecular weight is 266 g/mol. The highest BCUT2D eigenvalue weighted by Crippen LogP contribution is 2.11. The summed E-state index contributed by atoms with van der Waals surface area (Å²) in [6.07, 6.45) is 1.96. The van der Waals surface area contributed by atoms with Crippen LogP contribution in [0.4, 0.5) is 5.69 Å². The Morgan fingerprint density at radius 2 is 2.00 bits per heavy atom. The molecular weight excluding hydrogens is 244 g/mol. The number of nitrogens with one attached hydrogen (secondary N) is 1. The van der Waals surface area contributed by atoms with E-state index in [1.807, 2.05) is 24.3 Å². The molecule has 0 aromatic heterocycles. The summed E-state index contributed by atoms with van der Waals surface area (Å²) < 4.78 is 0. The van der Waals surface area contributed by atoms with Crippen LogP contribution in [-0.2, 0) is 11.2 Å². The van der Waals surface area contributed by atoms with Gasteiger partial charge in [0.15, 0.2) is 0 Å². The molecule has 3 nitrogen and oxygen atoms in total. The molecule has 0 bridgehead atoms. The molecule has 1 aromatic rings. The minimum atomic E-state index is 0.0348. The van der Waals surface area contributed by atoms with Crippen molar-refractivity contribution in [3.8, 4) is 0 Å². The zero-order valence-electron chi connectivity index (χ0n) is 11.1. The Balaban J connectivity index is 2.30. The van der Waals surface area contributed by atoms with Gasteiger partial charge in [0.1, 0.15) is 0 Å². The minimum absolute atomic E-state index is 0.0348. The SMILES string of the molecule is CCc1ccc(NC(=O)CSCC(N)CC)cc1. The first kappa shape index (κ1) is 15.1. The van der Waals surface area contributed by atoms with Crippen LogP contribution in [0.5, 0.6) is 0 Å². The van der Waals surface area contributed by atoms with Crippen LogP contribution in [-0.4, -0.2) is 23.5 Å². The van der Waals surface area contributed by atoms with E-state index in [1.165, 1.54) is 5.56 Å². The smallest absolute Gasteiger partial charge is 0.234 e. The third kappa shape index (κ3) is 5.56. The van der Waals surface area contributed by atoms with Crippen molar-refractivity contribution >= 4 is 23.4 Å². The summed E-state index contributed by atoms with van der Waals surface area (Å²) in [4.78, 5) is 11.7. The van der Waals surface area contributed by atoms with Gasteiger partial charge in [-0.15, -0.1) is 0 Å². The molecule has 1 amide bonds. The van der Waals surface area contributed by atoms with Crippen molar-refractivity contribution in [2.45, 2.75) is 32.7 Å². The Morgan fingerprint density at radius 1 is 1.33 bits per heavy atom. The van der Waals surface area contributed by atoms with Gasteiger partial charge in [0.25, 0.3) is 0 Å². The summed E-state index contributed by atoms with van der Waals surface area (Å²) in [5.41, 5.74) is 7.92.